The van der Waals surface area contributed by atoms with Crippen molar-refractivity contribution in [3.8, 4) is 5.75 Å². The maximum atomic E-state index is 12.9. The number of rotatable bonds is 7. The number of nitrogens with zero attached hydrogens (tertiary/aromatic N) is 3. The predicted octanol–water partition coefficient (Wildman–Crippen LogP) is 3.80. The molecule has 1 N–H and O–H groups in total. The monoisotopic (exact) mass is 432 g/mol. The second-order valence-corrected chi connectivity index (χ2v) is 8.42. The van der Waals surface area contributed by atoms with Gasteiger partial charge in [0.25, 0.3) is 5.91 Å². The molecule has 3 aromatic rings. The summed E-state index contributed by atoms with van der Waals surface area (Å²) in [4.78, 5) is 22.4. The number of amides is 1. The first-order valence-electron chi connectivity index (χ1n) is 11.3. The molecule has 0 spiro atoms. The van der Waals surface area contributed by atoms with Gasteiger partial charge in [0.2, 0.25) is 0 Å². The fourth-order valence-corrected chi connectivity index (χ4v) is 4.33. The summed E-state index contributed by atoms with van der Waals surface area (Å²) in [7, 11) is 1.69. The van der Waals surface area contributed by atoms with E-state index in [1.54, 1.807) is 7.11 Å². The van der Waals surface area contributed by atoms with Gasteiger partial charge in [0.1, 0.15) is 5.75 Å². The van der Waals surface area contributed by atoms with Crippen molar-refractivity contribution in [2.24, 2.45) is 0 Å². The Morgan fingerprint density at radius 1 is 1.06 bits per heavy atom. The number of benzene rings is 2. The molecule has 1 aliphatic rings. The number of para-hydroxylation sites is 1. The number of methoxy groups -OCH3 is 1. The molecule has 6 heteroatoms. The summed E-state index contributed by atoms with van der Waals surface area (Å²) in [6.45, 7) is 9.73. The van der Waals surface area contributed by atoms with Gasteiger partial charge in [0.05, 0.1) is 18.2 Å². The molecule has 2 aromatic carbocycles. The van der Waals surface area contributed by atoms with E-state index in [2.05, 4.69) is 32.2 Å². The molecule has 4 rings (SSSR count). The highest BCUT2D eigenvalue weighted by Crippen LogP contribution is 2.22. The highest BCUT2D eigenvalue weighted by Gasteiger charge is 2.17. The lowest BCUT2D eigenvalue weighted by Crippen LogP contribution is -2.47. The standard InChI is InChI=1S/C26H32N4O2/c1-19-6-4-7-23-24(18-20(2)28-25(19)23)26(31)27-12-5-13-29-14-16-30(17-15-29)21-8-10-22(32-3)11-9-21/h4,6-11,18H,5,12-17H2,1-3H3,(H,27,31). The Hall–Kier alpha value is -3.12. The lowest BCUT2D eigenvalue weighted by atomic mass is 10.0. The Kier molecular flexibility index (Phi) is 6.90. The first-order valence-corrected chi connectivity index (χ1v) is 11.3. The van der Waals surface area contributed by atoms with E-state index < -0.39 is 0 Å². The summed E-state index contributed by atoms with van der Waals surface area (Å²) in [5.74, 6) is 0.870. The largest absolute Gasteiger partial charge is 0.497 e. The summed E-state index contributed by atoms with van der Waals surface area (Å²) < 4.78 is 5.25. The van der Waals surface area contributed by atoms with Crippen molar-refractivity contribution in [3.05, 3.63) is 65.4 Å². The number of carbonyl (C=O) groups is 1. The zero-order chi connectivity index (χ0) is 22.5. The average molecular weight is 433 g/mol. The van der Waals surface area contributed by atoms with E-state index in [0.717, 1.165) is 67.1 Å². The Morgan fingerprint density at radius 2 is 1.81 bits per heavy atom. The zero-order valence-corrected chi connectivity index (χ0v) is 19.2. The van der Waals surface area contributed by atoms with Crippen molar-refractivity contribution in [2.45, 2.75) is 20.3 Å². The van der Waals surface area contributed by atoms with Crippen LogP contribution in [0.5, 0.6) is 5.75 Å². The number of anilines is 1. The summed E-state index contributed by atoms with van der Waals surface area (Å²) in [6, 6.07) is 16.1. The molecule has 0 radical (unpaired) electrons. The van der Waals surface area contributed by atoms with E-state index in [-0.39, 0.29) is 5.91 Å². The zero-order valence-electron chi connectivity index (χ0n) is 19.2. The minimum absolute atomic E-state index is 0.0181. The fraction of sp³-hybridized carbons (Fsp3) is 0.385. The minimum atomic E-state index is -0.0181. The smallest absolute Gasteiger partial charge is 0.252 e. The molecule has 1 aromatic heterocycles. The maximum Gasteiger partial charge on any atom is 0.252 e. The van der Waals surface area contributed by atoms with Crippen LogP contribution in [0, 0.1) is 13.8 Å². The van der Waals surface area contributed by atoms with Gasteiger partial charge in [-0.15, -0.1) is 0 Å². The topological polar surface area (TPSA) is 57.7 Å². The lowest BCUT2D eigenvalue weighted by molar-refractivity contribution is 0.0953. The lowest BCUT2D eigenvalue weighted by Gasteiger charge is -2.36. The van der Waals surface area contributed by atoms with Crippen LogP contribution in [0.25, 0.3) is 10.9 Å². The molecule has 0 unspecified atom stereocenters. The second-order valence-electron chi connectivity index (χ2n) is 8.42. The van der Waals surface area contributed by atoms with Gasteiger partial charge in [-0.05, 0) is 62.7 Å². The second kappa shape index (κ2) is 10.0. The quantitative estimate of drug-likeness (QED) is 0.576. The van der Waals surface area contributed by atoms with Gasteiger partial charge in [-0.1, -0.05) is 18.2 Å². The van der Waals surface area contributed by atoms with Crippen LogP contribution in [0.1, 0.15) is 28.0 Å². The predicted molar refractivity (Wildman–Crippen MR) is 130 cm³/mol. The van der Waals surface area contributed by atoms with Crippen molar-refractivity contribution >= 4 is 22.5 Å². The Bertz CT molecular complexity index is 1070. The number of piperazine rings is 1. The van der Waals surface area contributed by atoms with Gasteiger partial charge in [-0.3, -0.25) is 14.7 Å². The molecule has 1 amide bonds. The van der Waals surface area contributed by atoms with Crippen molar-refractivity contribution < 1.29 is 9.53 Å². The first-order chi connectivity index (χ1) is 15.5. The van der Waals surface area contributed by atoms with E-state index >= 15 is 0 Å². The van der Waals surface area contributed by atoms with Crippen LogP contribution in [0.4, 0.5) is 5.69 Å². The van der Waals surface area contributed by atoms with Crippen LogP contribution in [-0.4, -0.2) is 62.2 Å². The van der Waals surface area contributed by atoms with Crippen molar-refractivity contribution in [1.29, 1.82) is 0 Å². The van der Waals surface area contributed by atoms with E-state index in [1.165, 1.54) is 5.69 Å². The van der Waals surface area contributed by atoms with E-state index in [9.17, 15) is 4.79 Å². The van der Waals surface area contributed by atoms with Gasteiger partial charge in [0.15, 0.2) is 0 Å². The molecule has 1 aliphatic heterocycles. The third kappa shape index (κ3) is 5.02. The molecule has 168 valence electrons. The number of carbonyl (C=O) groups excluding carboxylic acids is 1. The minimum Gasteiger partial charge on any atom is -0.497 e. The van der Waals surface area contributed by atoms with Gasteiger partial charge in [-0.2, -0.15) is 0 Å². The SMILES string of the molecule is COc1ccc(N2CCN(CCCNC(=O)c3cc(C)nc4c(C)cccc34)CC2)cc1. The molecule has 0 aliphatic carbocycles. The van der Waals surface area contributed by atoms with Crippen LogP contribution in [0.3, 0.4) is 0 Å². The normalized spacial score (nSPS) is 14.5. The third-order valence-electron chi connectivity index (χ3n) is 6.16. The Balaban J connectivity index is 1.24. The van der Waals surface area contributed by atoms with E-state index in [1.807, 2.05) is 50.2 Å². The number of pyridine rings is 1. The van der Waals surface area contributed by atoms with Crippen LogP contribution in [0.2, 0.25) is 0 Å². The number of nitrogens with one attached hydrogen (secondary N) is 1. The first kappa shape index (κ1) is 22.1. The number of aryl methyl sites for hydroxylation is 2. The molecular formula is C26H32N4O2. The van der Waals surface area contributed by atoms with Gasteiger partial charge in [-0.25, -0.2) is 0 Å². The summed E-state index contributed by atoms with van der Waals surface area (Å²) in [6.07, 6.45) is 0.940. The molecule has 0 bridgehead atoms. The van der Waals surface area contributed by atoms with Crippen LogP contribution in [-0.2, 0) is 0 Å². The molecular weight excluding hydrogens is 400 g/mol. The maximum absolute atomic E-state index is 12.9. The number of hydrogen-bond acceptors (Lipinski definition) is 5. The molecule has 1 fully saturated rings. The number of fused-ring (bicyclic) bond motifs is 1. The molecule has 32 heavy (non-hydrogen) atoms. The van der Waals surface area contributed by atoms with E-state index in [4.69, 9.17) is 4.74 Å². The van der Waals surface area contributed by atoms with Crippen molar-refractivity contribution in [3.63, 3.8) is 0 Å². The summed E-state index contributed by atoms with van der Waals surface area (Å²) in [5.41, 5.74) is 4.82. The summed E-state index contributed by atoms with van der Waals surface area (Å²) >= 11 is 0. The van der Waals surface area contributed by atoms with Crippen molar-refractivity contribution in [1.82, 2.24) is 15.2 Å². The number of aromatic nitrogens is 1. The van der Waals surface area contributed by atoms with Crippen LogP contribution in [0.15, 0.2) is 48.5 Å². The third-order valence-corrected chi connectivity index (χ3v) is 6.16. The molecule has 2 heterocycles. The Morgan fingerprint density at radius 3 is 2.53 bits per heavy atom. The van der Waals surface area contributed by atoms with Gasteiger partial charge >= 0.3 is 0 Å². The van der Waals surface area contributed by atoms with Gasteiger partial charge < -0.3 is 15.0 Å². The summed E-state index contributed by atoms with van der Waals surface area (Å²) in [5, 5.41) is 4.03. The van der Waals surface area contributed by atoms with E-state index in [0.29, 0.717) is 12.1 Å². The molecule has 1 saturated heterocycles. The molecule has 0 saturated carbocycles. The number of ether oxygens (including phenoxy) is 1. The van der Waals surface area contributed by atoms with Gasteiger partial charge in [0, 0.05) is 49.5 Å². The van der Waals surface area contributed by atoms with Crippen LogP contribution >= 0.6 is 0 Å². The molecule has 6 nitrogen and oxygen atoms in total. The Labute approximate surface area is 190 Å². The molecule has 0 atom stereocenters. The van der Waals surface area contributed by atoms with Crippen LogP contribution < -0.4 is 15.0 Å². The number of hydrogen-bond donors (Lipinski definition) is 1. The van der Waals surface area contributed by atoms with Crippen molar-refractivity contribution in [2.75, 3.05) is 51.3 Å². The highest BCUT2D eigenvalue weighted by molar-refractivity contribution is 6.06. The fourth-order valence-electron chi connectivity index (χ4n) is 4.33. The highest BCUT2D eigenvalue weighted by atomic mass is 16.5. The average Bonchev–Trinajstić information content (AvgIpc) is 2.82.